The van der Waals surface area contributed by atoms with Crippen LogP contribution in [0.15, 0.2) is 24.3 Å². The fourth-order valence-electron chi connectivity index (χ4n) is 2.93. The molecule has 0 amide bonds. The molecule has 0 radical (unpaired) electrons. The number of nitrogens with zero attached hydrogens (tertiary/aromatic N) is 1. The molecule has 0 aliphatic carbocycles. The summed E-state index contributed by atoms with van der Waals surface area (Å²) in [5, 5.41) is 3.65. The normalized spacial score (nSPS) is 23.8. The number of aryl methyl sites for hydroxylation is 1. The van der Waals surface area contributed by atoms with Crippen LogP contribution in [0.5, 0.6) is 0 Å². The zero-order valence-corrected chi connectivity index (χ0v) is 11.5. The van der Waals surface area contributed by atoms with Crippen LogP contribution in [0.1, 0.15) is 33.3 Å². The summed E-state index contributed by atoms with van der Waals surface area (Å²) in [7, 11) is 0. The molecule has 2 heteroatoms. The molecule has 1 saturated heterocycles. The van der Waals surface area contributed by atoms with Crippen LogP contribution in [-0.2, 0) is 6.42 Å². The fourth-order valence-corrected chi connectivity index (χ4v) is 2.93. The molecular weight excluding hydrogens is 208 g/mol. The summed E-state index contributed by atoms with van der Waals surface area (Å²) in [6.45, 7) is 11.2. The Balaban J connectivity index is 2.27. The van der Waals surface area contributed by atoms with Gasteiger partial charge in [-0.3, -0.25) is 0 Å². The molecule has 0 saturated carbocycles. The molecule has 2 rings (SSSR count). The van der Waals surface area contributed by atoms with Crippen LogP contribution in [0.3, 0.4) is 0 Å². The molecule has 1 aromatic rings. The van der Waals surface area contributed by atoms with E-state index in [-0.39, 0.29) is 5.54 Å². The zero-order chi connectivity index (χ0) is 12.5. The van der Waals surface area contributed by atoms with E-state index < -0.39 is 0 Å². The third kappa shape index (κ3) is 2.81. The van der Waals surface area contributed by atoms with Crippen LogP contribution in [0.25, 0.3) is 0 Å². The summed E-state index contributed by atoms with van der Waals surface area (Å²) < 4.78 is 0. The van der Waals surface area contributed by atoms with Gasteiger partial charge in [0.2, 0.25) is 0 Å². The van der Waals surface area contributed by atoms with Gasteiger partial charge in [0.05, 0.1) is 0 Å². The quantitative estimate of drug-likeness (QED) is 0.843. The molecule has 17 heavy (non-hydrogen) atoms. The monoisotopic (exact) mass is 232 g/mol. The average molecular weight is 232 g/mol. The maximum absolute atomic E-state index is 3.65. The lowest BCUT2D eigenvalue weighted by Crippen LogP contribution is -2.61. The second-order valence-corrected chi connectivity index (χ2v) is 5.79. The van der Waals surface area contributed by atoms with Gasteiger partial charge in [0.15, 0.2) is 0 Å². The molecule has 0 aromatic heterocycles. The summed E-state index contributed by atoms with van der Waals surface area (Å²) in [6.07, 6.45) is 1.11. The third-order valence-electron chi connectivity index (χ3n) is 3.43. The Hall–Kier alpha value is -1.02. The van der Waals surface area contributed by atoms with E-state index in [2.05, 4.69) is 62.2 Å². The number of rotatable bonds is 2. The van der Waals surface area contributed by atoms with E-state index in [0.717, 1.165) is 19.5 Å². The minimum atomic E-state index is 0.193. The number of anilines is 1. The third-order valence-corrected chi connectivity index (χ3v) is 3.43. The lowest BCUT2D eigenvalue weighted by atomic mass is 9.97. The first-order valence-electron chi connectivity index (χ1n) is 6.62. The molecule has 0 spiro atoms. The maximum atomic E-state index is 3.65. The summed E-state index contributed by atoms with van der Waals surface area (Å²) >= 11 is 0. The summed E-state index contributed by atoms with van der Waals surface area (Å²) in [4.78, 5) is 2.53. The first-order chi connectivity index (χ1) is 8.02. The highest BCUT2D eigenvalue weighted by molar-refractivity contribution is 5.54. The van der Waals surface area contributed by atoms with Crippen molar-refractivity contribution in [3.63, 3.8) is 0 Å². The van der Waals surface area contributed by atoms with Crippen molar-refractivity contribution in [1.82, 2.24) is 5.32 Å². The standard InChI is InChI=1S/C15H24N2/c1-5-13-8-6-7-9-14(13)17-10-12(2)16-15(3,4)11-17/h6-9,12,16H,5,10-11H2,1-4H3. The first-order valence-corrected chi connectivity index (χ1v) is 6.62. The van der Waals surface area contributed by atoms with Gasteiger partial charge in [-0.1, -0.05) is 25.1 Å². The molecule has 0 bridgehead atoms. The average Bonchev–Trinajstić information content (AvgIpc) is 2.26. The summed E-state index contributed by atoms with van der Waals surface area (Å²) in [5.74, 6) is 0. The van der Waals surface area contributed by atoms with E-state index in [4.69, 9.17) is 0 Å². The van der Waals surface area contributed by atoms with Crippen molar-refractivity contribution in [3.8, 4) is 0 Å². The van der Waals surface area contributed by atoms with Crippen LogP contribution in [0.4, 0.5) is 5.69 Å². The van der Waals surface area contributed by atoms with E-state index in [1.54, 1.807) is 0 Å². The van der Waals surface area contributed by atoms with E-state index in [1.807, 2.05) is 0 Å². The Labute approximate surface area is 105 Å². The molecule has 1 heterocycles. The van der Waals surface area contributed by atoms with Crippen LogP contribution in [0.2, 0.25) is 0 Å². The number of nitrogens with one attached hydrogen (secondary N) is 1. The Morgan fingerprint density at radius 1 is 1.35 bits per heavy atom. The van der Waals surface area contributed by atoms with E-state index in [1.165, 1.54) is 11.3 Å². The minimum Gasteiger partial charge on any atom is -0.368 e. The zero-order valence-electron chi connectivity index (χ0n) is 11.5. The highest BCUT2D eigenvalue weighted by Gasteiger charge is 2.30. The molecule has 1 aromatic carbocycles. The van der Waals surface area contributed by atoms with Crippen molar-refractivity contribution < 1.29 is 0 Å². The van der Waals surface area contributed by atoms with E-state index >= 15 is 0 Å². The van der Waals surface area contributed by atoms with Crippen molar-refractivity contribution >= 4 is 5.69 Å². The molecule has 1 aliphatic heterocycles. The number of hydrogen-bond donors (Lipinski definition) is 1. The van der Waals surface area contributed by atoms with Gasteiger partial charge in [-0.25, -0.2) is 0 Å². The molecule has 94 valence electrons. The lowest BCUT2D eigenvalue weighted by molar-refractivity contribution is 0.301. The van der Waals surface area contributed by atoms with Crippen LogP contribution in [-0.4, -0.2) is 24.7 Å². The van der Waals surface area contributed by atoms with Crippen molar-refractivity contribution in [1.29, 1.82) is 0 Å². The van der Waals surface area contributed by atoms with Gasteiger partial charge >= 0.3 is 0 Å². The summed E-state index contributed by atoms with van der Waals surface area (Å²) in [6, 6.07) is 9.33. The van der Waals surface area contributed by atoms with Crippen molar-refractivity contribution in [2.24, 2.45) is 0 Å². The molecule has 2 nitrogen and oxygen atoms in total. The van der Waals surface area contributed by atoms with Gasteiger partial charge in [0.25, 0.3) is 0 Å². The molecular formula is C15H24N2. The second kappa shape index (κ2) is 4.69. The van der Waals surface area contributed by atoms with Crippen molar-refractivity contribution in [2.75, 3.05) is 18.0 Å². The predicted octanol–water partition coefficient (Wildman–Crippen LogP) is 2.83. The minimum absolute atomic E-state index is 0.193. The second-order valence-electron chi connectivity index (χ2n) is 5.79. The van der Waals surface area contributed by atoms with Crippen LogP contribution >= 0.6 is 0 Å². The van der Waals surface area contributed by atoms with E-state index in [9.17, 15) is 0 Å². The predicted molar refractivity (Wildman–Crippen MR) is 74.7 cm³/mol. The molecule has 1 aliphatic rings. The Kier molecular flexibility index (Phi) is 3.43. The van der Waals surface area contributed by atoms with E-state index in [0.29, 0.717) is 6.04 Å². The van der Waals surface area contributed by atoms with Crippen LogP contribution in [0, 0.1) is 0 Å². The Morgan fingerprint density at radius 2 is 2.06 bits per heavy atom. The van der Waals surface area contributed by atoms with Crippen molar-refractivity contribution in [2.45, 2.75) is 45.7 Å². The van der Waals surface area contributed by atoms with Gasteiger partial charge in [0, 0.05) is 30.4 Å². The smallest absolute Gasteiger partial charge is 0.0399 e. The SMILES string of the molecule is CCc1ccccc1N1CC(C)NC(C)(C)C1. The number of hydrogen-bond acceptors (Lipinski definition) is 2. The number of benzene rings is 1. The van der Waals surface area contributed by atoms with Gasteiger partial charge in [-0.2, -0.15) is 0 Å². The van der Waals surface area contributed by atoms with Crippen molar-refractivity contribution in [3.05, 3.63) is 29.8 Å². The Bertz CT molecular complexity index is 384. The fraction of sp³-hybridized carbons (Fsp3) is 0.600. The molecule has 1 fully saturated rings. The maximum Gasteiger partial charge on any atom is 0.0399 e. The first kappa shape index (κ1) is 12.4. The van der Waals surface area contributed by atoms with Gasteiger partial charge in [-0.15, -0.1) is 0 Å². The van der Waals surface area contributed by atoms with Gasteiger partial charge in [-0.05, 0) is 38.8 Å². The molecule has 1 atom stereocenters. The highest BCUT2D eigenvalue weighted by Crippen LogP contribution is 2.25. The number of para-hydroxylation sites is 1. The summed E-state index contributed by atoms with van der Waals surface area (Å²) in [5.41, 5.74) is 3.06. The van der Waals surface area contributed by atoms with Gasteiger partial charge < -0.3 is 10.2 Å². The highest BCUT2D eigenvalue weighted by atomic mass is 15.2. The lowest BCUT2D eigenvalue weighted by Gasteiger charge is -2.44. The number of piperazine rings is 1. The Morgan fingerprint density at radius 3 is 2.71 bits per heavy atom. The largest absolute Gasteiger partial charge is 0.368 e. The topological polar surface area (TPSA) is 15.3 Å². The molecule has 1 unspecified atom stereocenters. The van der Waals surface area contributed by atoms with Crippen LogP contribution < -0.4 is 10.2 Å². The molecule has 1 N–H and O–H groups in total. The van der Waals surface area contributed by atoms with Gasteiger partial charge in [0.1, 0.15) is 0 Å².